The third kappa shape index (κ3) is 2.88. The summed E-state index contributed by atoms with van der Waals surface area (Å²) in [5.74, 6) is 0.129. The summed E-state index contributed by atoms with van der Waals surface area (Å²) in [6, 6.07) is 13.0. The van der Waals surface area contributed by atoms with E-state index in [4.69, 9.17) is 4.74 Å². The molecule has 4 nitrogen and oxygen atoms in total. The molecule has 20 heavy (non-hydrogen) atoms. The van der Waals surface area contributed by atoms with Gasteiger partial charge in [-0.2, -0.15) is 0 Å². The van der Waals surface area contributed by atoms with E-state index in [0.29, 0.717) is 23.2 Å². The topological polar surface area (TPSA) is 60.4 Å². The maximum Gasteiger partial charge on any atom is 0.182 e. The Morgan fingerprint density at radius 2 is 1.75 bits per heavy atom. The minimum Gasteiger partial charge on any atom is -0.496 e. The van der Waals surface area contributed by atoms with Crippen molar-refractivity contribution in [3.63, 3.8) is 0 Å². The molecule has 0 aliphatic heterocycles. The predicted octanol–water partition coefficient (Wildman–Crippen LogP) is 2.48. The number of benzene rings is 2. The Morgan fingerprint density at radius 3 is 2.35 bits per heavy atom. The fourth-order valence-electron chi connectivity index (χ4n) is 1.94. The largest absolute Gasteiger partial charge is 0.496 e. The van der Waals surface area contributed by atoms with E-state index in [1.807, 2.05) is 0 Å². The van der Waals surface area contributed by atoms with Gasteiger partial charge in [-0.25, -0.2) is 8.42 Å². The number of carbonyl (C=O) groups is 1. The van der Waals surface area contributed by atoms with Crippen LogP contribution in [0.2, 0.25) is 0 Å². The van der Waals surface area contributed by atoms with E-state index < -0.39 is 9.84 Å². The summed E-state index contributed by atoms with van der Waals surface area (Å²) in [4.78, 5) is 11.3. The lowest BCUT2D eigenvalue weighted by Crippen LogP contribution is -2.08. The smallest absolute Gasteiger partial charge is 0.182 e. The van der Waals surface area contributed by atoms with E-state index in [-0.39, 0.29) is 10.6 Å². The normalized spacial score (nSPS) is 11.1. The molecule has 0 radical (unpaired) electrons. The summed E-state index contributed by atoms with van der Waals surface area (Å²) in [5.41, 5.74) is 0.706. The fraction of sp³-hybridized carbons (Fsp3) is 0.133. The third-order valence-corrected chi connectivity index (χ3v) is 4.61. The number of rotatable bonds is 5. The highest BCUT2D eigenvalue weighted by molar-refractivity contribution is 7.90. The molecule has 0 atom stereocenters. The van der Waals surface area contributed by atoms with Crippen molar-refractivity contribution >= 4 is 16.1 Å². The molecule has 0 N–H and O–H groups in total. The van der Waals surface area contributed by atoms with Crippen molar-refractivity contribution in [1.29, 1.82) is 0 Å². The molecule has 0 aliphatic rings. The Labute approximate surface area is 117 Å². The van der Waals surface area contributed by atoms with Crippen LogP contribution in [0.15, 0.2) is 53.4 Å². The van der Waals surface area contributed by atoms with Crippen molar-refractivity contribution in [3.8, 4) is 5.75 Å². The molecule has 2 aromatic carbocycles. The van der Waals surface area contributed by atoms with Crippen LogP contribution in [-0.2, 0) is 15.6 Å². The second kappa shape index (κ2) is 5.88. The number of carbonyl (C=O) groups excluding carboxylic acids is 1. The van der Waals surface area contributed by atoms with Crippen LogP contribution in [0.5, 0.6) is 5.75 Å². The molecular weight excluding hydrogens is 276 g/mol. The first-order chi connectivity index (χ1) is 9.58. The zero-order chi connectivity index (χ0) is 14.6. The number of methoxy groups -OCH3 is 1. The number of aldehydes is 1. The lowest BCUT2D eigenvalue weighted by atomic mass is 10.1. The highest BCUT2D eigenvalue weighted by Crippen LogP contribution is 2.26. The van der Waals surface area contributed by atoms with Gasteiger partial charge in [0.05, 0.1) is 17.8 Å². The molecule has 0 spiro atoms. The van der Waals surface area contributed by atoms with Crippen molar-refractivity contribution < 1.29 is 17.9 Å². The quantitative estimate of drug-likeness (QED) is 0.794. The van der Waals surface area contributed by atoms with Crippen LogP contribution in [0.1, 0.15) is 15.9 Å². The van der Waals surface area contributed by atoms with E-state index in [2.05, 4.69) is 0 Å². The van der Waals surface area contributed by atoms with Crippen LogP contribution in [0.25, 0.3) is 0 Å². The van der Waals surface area contributed by atoms with Gasteiger partial charge in [0.15, 0.2) is 9.84 Å². The zero-order valence-corrected chi connectivity index (χ0v) is 11.8. The average molecular weight is 290 g/mol. The van der Waals surface area contributed by atoms with Crippen LogP contribution >= 0.6 is 0 Å². The maximum atomic E-state index is 12.4. The summed E-state index contributed by atoms with van der Waals surface area (Å²) in [6.07, 6.45) is 0.637. The Balaban J connectivity index is 2.47. The molecule has 0 aliphatic carbocycles. The number of hydrogen-bond acceptors (Lipinski definition) is 4. The molecule has 0 saturated carbocycles. The van der Waals surface area contributed by atoms with Gasteiger partial charge in [-0.15, -0.1) is 0 Å². The molecule has 0 aromatic heterocycles. The van der Waals surface area contributed by atoms with Crippen LogP contribution < -0.4 is 4.74 Å². The predicted molar refractivity (Wildman–Crippen MR) is 75.7 cm³/mol. The van der Waals surface area contributed by atoms with Crippen molar-refractivity contribution in [2.24, 2.45) is 0 Å². The maximum absolute atomic E-state index is 12.4. The van der Waals surface area contributed by atoms with Crippen molar-refractivity contribution in [2.75, 3.05) is 7.11 Å². The highest BCUT2D eigenvalue weighted by atomic mass is 32.2. The molecule has 0 unspecified atom stereocenters. The molecule has 5 heteroatoms. The van der Waals surface area contributed by atoms with Gasteiger partial charge >= 0.3 is 0 Å². The van der Waals surface area contributed by atoms with Gasteiger partial charge in [-0.1, -0.05) is 30.3 Å². The van der Waals surface area contributed by atoms with Gasteiger partial charge < -0.3 is 4.74 Å². The van der Waals surface area contributed by atoms with Gasteiger partial charge in [0.1, 0.15) is 12.0 Å². The summed E-state index contributed by atoms with van der Waals surface area (Å²) in [5, 5.41) is 0. The van der Waals surface area contributed by atoms with E-state index in [1.165, 1.54) is 19.2 Å². The summed E-state index contributed by atoms with van der Waals surface area (Å²) in [6.45, 7) is 0. The number of sulfone groups is 1. The first-order valence-electron chi connectivity index (χ1n) is 5.97. The Bertz CT molecular complexity index is 706. The van der Waals surface area contributed by atoms with Crippen LogP contribution in [0, 0.1) is 0 Å². The van der Waals surface area contributed by atoms with Gasteiger partial charge in [0, 0.05) is 11.1 Å². The molecule has 0 bridgehead atoms. The van der Waals surface area contributed by atoms with Crippen molar-refractivity contribution in [3.05, 3.63) is 59.7 Å². The molecular formula is C15H14O4S. The van der Waals surface area contributed by atoms with Crippen molar-refractivity contribution in [2.45, 2.75) is 10.6 Å². The first-order valence-corrected chi connectivity index (χ1v) is 7.62. The summed E-state index contributed by atoms with van der Waals surface area (Å²) < 4.78 is 29.9. The molecule has 0 amide bonds. The van der Waals surface area contributed by atoms with E-state index in [0.717, 1.165) is 0 Å². The standard InChI is InChI=1S/C15H14O4S/c1-19-15-9-5-6-12(10-16)14(15)11-20(17,18)13-7-3-2-4-8-13/h2-10H,11H2,1H3. The molecule has 0 heterocycles. The number of hydrogen-bond donors (Lipinski definition) is 0. The molecule has 2 aromatic rings. The molecule has 2 rings (SSSR count). The molecule has 0 saturated heterocycles. The molecule has 0 fully saturated rings. The summed E-state index contributed by atoms with van der Waals surface area (Å²) in [7, 11) is -2.07. The lowest BCUT2D eigenvalue weighted by Gasteiger charge is -2.11. The minimum atomic E-state index is -3.52. The van der Waals surface area contributed by atoms with Crippen LogP contribution in [-0.4, -0.2) is 21.8 Å². The monoisotopic (exact) mass is 290 g/mol. The second-order valence-corrected chi connectivity index (χ2v) is 6.21. The average Bonchev–Trinajstić information content (AvgIpc) is 2.48. The van der Waals surface area contributed by atoms with Crippen molar-refractivity contribution in [1.82, 2.24) is 0 Å². The fourth-order valence-corrected chi connectivity index (χ4v) is 3.37. The van der Waals surface area contributed by atoms with Gasteiger partial charge in [-0.05, 0) is 18.2 Å². The number of ether oxygens (including phenoxy) is 1. The van der Waals surface area contributed by atoms with Gasteiger partial charge in [0.25, 0.3) is 0 Å². The van der Waals surface area contributed by atoms with Gasteiger partial charge in [-0.3, -0.25) is 4.79 Å². The SMILES string of the molecule is COc1cccc(C=O)c1CS(=O)(=O)c1ccccc1. The second-order valence-electron chi connectivity index (χ2n) is 4.22. The minimum absolute atomic E-state index is 0.225. The van der Waals surface area contributed by atoms with Gasteiger partial charge in [0.2, 0.25) is 0 Å². The Morgan fingerprint density at radius 1 is 1.05 bits per heavy atom. The van der Waals surface area contributed by atoms with E-state index in [9.17, 15) is 13.2 Å². The van der Waals surface area contributed by atoms with E-state index in [1.54, 1.807) is 36.4 Å². The van der Waals surface area contributed by atoms with Crippen LogP contribution in [0.4, 0.5) is 0 Å². The molecule has 104 valence electrons. The summed E-state index contributed by atoms with van der Waals surface area (Å²) >= 11 is 0. The van der Waals surface area contributed by atoms with E-state index >= 15 is 0 Å². The highest BCUT2D eigenvalue weighted by Gasteiger charge is 2.20. The Hall–Kier alpha value is -2.14. The Kier molecular flexibility index (Phi) is 4.20. The zero-order valence-electron chi connectivity index (χ0n) is 10.9. The lowest BCUT2D eigenvalue weighted by molar-refractivity contribution is 0.112. The van der Waals surface area contributed by atoms with Crippen LogP contribution in [0.3, 0.4) is 0 Å². The first kappa shape index (κ1) is 14.3. The third-order valence-electron chi connectivity index (χ3n) is 2.95.